The summed E-state index contributed by atoms with van der Waals surface area (Å²) in [6, 6.07) is 5.39. The number of aromatic hydroxyl groups is 1. The summed E-state index contributed by atoms with van der Waals surface area (Å²) in [5.74, 6) is -0.685. The summed E-state index contributed by atoms with van der Waals surface area (Å²) in [6.45, 7) is 0. The van der Waals surface area contributed by atoms with Gasteiger partial charge in [-0.05, 0) is 24.3 Å². The number of hydrogen-bond acceptors (Lipinski definition) is 4. The average molecular weight is 189 g/mol. The molecule has 64 valence electrons. The number of halogens is 1. The van der Waals surface area contributed by atoms with Crippen LogP contribution in [0.3, 0.4) is 0 Å². The second kappa shape index (κ2) is 3.94. The number of phenols is 1. The fourth-order valence-corrected chi connectivity index (χ4v) is 0.817. The minimum absolute atomic E-state index is 0.0522. The van der Waals surface area contributed by atoms with E-state index >= 15 is 0 Å². The molecule has 0 spiro atoms. The van der Waals surface area contributed by atoms with Crippen molar-refractivity contribution in [3.8, 4) is 5.75 Å². The molecule has 0 aromatic heterocycles. The highest BCUT2D eigenvalue weighted by Crippen LogP contribution is 2.10. The molecule has 0 bridgehead atoms. The fraction of sp³-hybridized carbons (Fsp3) is 0. The van der Waals surface area contributed by atoms with Gasteiger partial charge >= 0.3 is 17.3 Å². The molecule has 0 saturated carbocycles. The van der Waals surface area contributed by atoms with Crippen molar-refractivity contribution in [2.45, 2.75) is 0 Å². The van der Waals surface area contributed by atoms with Gasteiger partial charge in [0.1, 0.15) is 5.75 Å². The van der Waals surface area contributed by atoms with Gasteiger partial charge in [-0.3, -0.25) is 0 Å². The maximum absolute atomic E-state index is 10.8. The van der Waals surface area contributed by atoms with Gasteiger partial charge in [-0.2, -0.15) is 4.29 Å². The molecule has 1 aromatic carbocycles. The van der Waals surface area contributed by atoms with Gasteiger partial charge in [0.25, 0.3) is 0 Å². The van der Waals surface area contributed by atoms with E-state index in [2.05, 4.69) is 4.29 Å². The summed E-state index contributed by atoms with van der Waals surface area (Å²) in [4.78, 5) is 10.8. The number of carbonyl (C=O) groups is 1. The molecule has 0 saturated heterocycles. The van der Waals surface area contributed by atoms with Crippen LogP contribution in [0.5, 0.6) is 5.75 Å². The summed E-state index contributed by atoms with van der Waals surface area (Å²) in [5, 5.41) is 8.85. The number of hydrogen-bond donors (Lipinski definition) is 1. The van der Waals surface area contributed by atoms with Crippen LogP contribution in [-0.4, -0.2) is 11.1 Å². The molecular formula is C7H5ClO4. The molecule has 1 rings (SSSR count). The van der Waals surface area contributed by atoms with Gasteiger partial charge in [0.2, 0.25) is 0 Å². The van der Waals surface area contributed by atoms with Crippen molar-refractivity contribution >= 4 is 5.97 Å². The Morgan fingerprint density at radius 2 is 2.00 bits per heavy atom. The molecule has 4 nitrogen and oxygen atoms in total. The van der Waals surface area contributed by atoms with Gasteiger partial charge in [-0.1, -0.05) is 0 Å². The van der Waals surface area contributed by atoms with Crippen LogP contribution in [0.2, 0.25) is 0 Å². The third kappa shape index (κ3) is 2.11. The van der Waals surface area contributed by atoms with Crippen molar-refractivity contribution in [3.63, 3.8) is 0 Å². The second-order valence-corrected chi connectivity index (χ2v) is 2.25. The van der Waals surface area contributed by atoms with E-state index < -0.39 is 5.97 Å². The first kappa shape index (κ1) is 8.83. The standard InChI is InChI=1S/C7H5ClO4/c9-6-3-1-5(2-4-6)7(10)12-8-11/h1-4,9H. The Morgan fingerprint density at radius 1 is 1.42 bits per heavy atom. The van der Waals surface area contributed by atoms with Crippen LogP contribution >= 0.6 is 0 Å². The highest BCUT2D eigenvalue weighted by Gasteiger charge is 2.11. The molecular weight excluding hydrogens is 184 g/mol. The molecule has 0 aliphatic heterocycles. The van der Waals surface area contributed by atoms with Crippen LogP contribution in [0.15, 0.2) is 24.3 Å². The van der Waals surface area contributed by atoms with Crippen molar-refractivity contribution < 1.29 is 30.2 Å². The molecule has 0 unspecified atom stereocenters. The lowest BCUT2D eigenvalue weighted by Gasteiger charge is -1.93. The minimum atomic E-state index is -0.738. The summed E-state index contributed by atoms with van der Waals surface area (Å²) >= 11 is 0.171. The summed E-state index contributed by atoms with van der Waals surface area (Å²) in [6.07, 6.45) is 0. The SMILES string of the molecule is O=C(O[Cl+][O-])c1ccc(O)cc1. The summed E-state index contributed by atoms with van der Waals surface area (Å²) in [7, 11) is 0. The quantitative estimate of drug-likeness (QED) is 0.699. The van der Waals surface area contributed by atoms with Crippen molar-refractivity contribution in [2.75, 3.05) is 0 Å². The summed E-state index contributed by atoms with van der Waals surface area (Å²) < 4.78 is 13.8. The van der Waals surface area contributed by atoms with Crippen LogP contribution in [0.25, 0.3) is 0 Å². The Labute approximate surface area is 72.5 Å². The third-order valence-corrected chi connectivity index (χ3v) is 1.41. The largest absolute Gasteiger partial charge is 0.508 e. The first-order valence-corrected chi connectivity index (χ1v) is 3.63. The van der Waals surface area contributed by atoms with Crippen molar-refractivity contribution in [2.24, 2.45) is 0 Å². The van der Waals surface area contributed by atoms with Crippen molar-refractivity contribution in [1.82, 2.24) is 0 Å². The lowest BCUT2D eigenvalue weighted by atomic mass is 10.2. The topological polar surface area (TPSA) is 69.6 Å². The van der Waals surface area contributed by atoms with Crippen molar-refractivity contribution in [1.29, 1.82) is 0 Å². The molecule has 0 amide bonds. The van der Waals surface area contributed by atoms with E-state index in [0.29, 0.717) is 0 Å². The van der Waals surface area contributed by atoms with Crippen LogP contribution in [0.4, 0.5) is 0 Å². The van der Waals surface area contributed by atoms with E-state index in [4.69, 9.17) is 5.11 Å². The zero-order valence-electron chi connectivity index (χ0n) is 5.86. The Morgan fingerprint density at radius 3 is 2.50 bits per heavy atom. The van der Waals surface area contributed by atoms with E-state index in [1.54, 1.807) is 0 Å². The predicted octanol–water partition coefficient (Wildman–Crippen LogP) is -0.176. The van der Waals surface area contributed by atoms with Crippen LogP contribution < -0.4 is 4.66 Å². The Hall–Kier alpha value is -1.26. The minimum Gasteiger partial charge on any atom is -0.508 e. The lowest BCUT2D eigenvalue weighted by Crippen LogP contribution is -2.11. The van der Waals surface area contributed by atoms with Gasteiger partial charge in [0.15, 0.2) is 0 Å². The van der Waals surface area contributed by atoms with Crippen molar-refractivity contribution in [3.05, 3.63) is 29.8 Å². The monoisotopic (exact) mass is 188 g/mol. The van der Waals surface area contributed by atoms with Gasteiger partial charge in [-0.15, -0.1) is 0 Å². The van der Waals surface area contributed by atoms with E-state index in [-0.39, 0.29) is 22.6 Å². The first-order chi connectivity index (χ1) is 5.74. The van der Waals surface area contributed by atoms with Crippen LogP contribution in [0.1, 0.15) is 10.4 Å². The zero-order chi connectivity index (χ0) is 8.97. The number of rotatable bonds is 2. The van der Waals surface area contributed by atoms with Gasteiger partial charge in [0, 0.05) is 0 Å². The first-order valence-electron chi connectivity index (χ1n) is 3.01. The molecule has 0 radical (unpaired) electrons. The maximum Gasteiger partial charge on any atom is 0.407 e. The highest BCUT2D eigenvalue weighted by molar-refractivity contribution is 5.88. The molecule has 0 atom stereocenters. The summed E-state index contributed by atoms with van der Waals surface area (Å²) in [5.41, 5.74) is 0.219. The molecule has 1 N–H and O–H groups in total. The highest BCUT2D eigenvalue weighted by atomic mass is 35.6. The van der Waals surface area contributed by atoms with Crippen LogP contribution in [-0.2, 0) is 4.29 Å². The van der Waals surface area contributed by atoms with Crippen LogP contribution in [0, 0.1) is 11.3 Å². The van der Waals surface area contributed by atoms with E-state index in [1.807, 2.05) is 0 Å². The number of carbonyl (C=O) groups excluding carboxylic acids is 1. The van der Waals surface area contributed by atoms with E-state index in [1.165, 1.54) is 24.3 Å². The Bertz CT molecular complexity index is 269. The smallest absolute Gasteiger partial charge is 0.407 e. The third-order valence-electron chi connectivity index (χ3n) is 1.20. The fourth-order valence-electron chi connectivity index (χ4n) is 0.671. The molecule has 0 heterocycles. The maximum atomic E-state index is 10.8. The van der Waals surface area contributed by atoms with Gasteiger partial charge < -0.3 is 9.77 Å². The lowest BCUT2D eigenvalue weighted by molar-refractivity contribution is -1.26. The average Bonchev–Trinajstić information content (AvgIpc) is 2.06. The Balaban J connectivity index is 2.75. The van der Waals surface area contributed by atoms with Gasteiger partial charge in [0.05, 0.1) is 5.56 Å². The second-order valence-electron chi connectivity index (χ2n) is 1.97. The molecule has 5 heteroatoms. The number of phenolic OH excluding ortho intramolecular Hbond substituents is 1. The predicted molar refractivity (Wildman–Crippen MR) is 33.5 cm³/mol. The van der Waals surface area contributed by atoms with Gasteiger partial charge in [-0.25, -0.2) is 4.79 Å². The number of benzene rings is 1. The molecule has 0 aliphatic rings. The van der Waals surface area contributed by atoms with E-state index in [9.17, 15) is 9.45 Å². The molecule has 1 aromatic rings. The van der Waals surface area contributed by atoms with E-state index in [0.717, 1.165) is 0 Å². The molecule has 0 aliphatic carbocycles. The molecule has 12 heavy (non-hydrogen) atoms. The Kier molecular flexibility index (Phi) is 2.90. The normalized spacial score (nSPS) is 9.42. The molecule has 0 fully saturated rings. The zero-order valence-corrected chi connectivity index (χ0v) is 6.62.